The van der Waals surface area contributed by atoms with Crippen LogP contribution in [0.4, 0.5) is 32.0 Å². The lowest BCUT2D eigenvalue weighted by molar-refractivity contribution is -0.193. The number of aliphatic carboxylic acids is 2. The summed E-state index contributed by atoms with van der Waals surface area (Å²) < 4.78 is 63.5. The van der Waals surface area contributed by atoms with Crippen molar-refractivity contribution >= 4 is 17.6 Å². The number of nitrogens with one attached hydrogen (secondary N) is 1. The van der Waals surface area contributed by atoms with Gasteiger partial charge in [-0.25, -0.2) is 9.59 Å². The monoisotopic (exact) mass is 553 g/mol. The van der Waals surface area contributed by atoms with Crippen molar-refractivity contribution in [2.75, 3.05) is 37.6 Å². The summed E-state index contributed by atoms with van der Waals surface area (Å²) in [5, 5.41) is 22.1. The van der Waals surface area contributed by atoms with E-state index in [1.165, 1.54) is 61.3 Å². The Morgan fingerprint density at radius 2 is 1.42 bits per heavy atom. The minimum Gasteiger partial charge on any atom is -0.475 e. The lowest BCUT2D eigenvalue weighted by atomic mass is 9.94. The number of nitrogens with zero attached hydrogens (tertiary/aromatic N) is 4. The van der Waals surface area contributed by atoms with Gasteiger partial charge in [-0.3, -0.25) is 15.0 Å². The number of hydrogen-bond donors (Lipinski definition) is 3. The summed E-state index contributed by atoms with van der Waals surface area (Å²) in [6.45, 7) is 5.72. The first kappa shape index (κ1) is 30.9. The minimum atomic E-state index is -5.08. The molecule has 0 aromatic carbocycles. The van der Waals surface area contributed by atoms with Gasteiger partial charge in [-0.2, -0.15) is 31.4 Å². The second kappa shape index (κ2) is 14.0. The summed E-state index contributed by atoms with van der Waals surface area (Å²) in [7, 11) is 0. The van der Waals surface area contributed by atoms with Crippen LogP contribution in [0.2, 0.25) is 0 Å². The topological polar surface area (TPSA) is 123 Å². The number of halogens is 6. The van der Waals surface area contributed by atoms with E-state index in [4.69, 9.17) is 19.8 Å². The first-order valence-corrected chi connectivity index (χ1v) is 11.8. The average Bonchev–Trinajstić information content (AvgIpc) is 3.28. The molecule has 0 saturated carbocycles. The van der Waals surface area contributed by atoms with Crippen LogP contribution < -0.4 is 4.90 Å². The number of aromatic amines is 1. The molecule has 2 aromatic rings. The zero-order valence-corrected chi connectivity index (χ0v) is 20.4. The zero-order chi connectivity index (χ0) is 28.3. The normalized spacial score (nSPS) is 15.9. The molecule has 4 rings (SSSR count). The highest BCUT2D eigenvalue weighted by molar-refractivity contribution is 5.73. The lowest BCUT2D eigenvalue weighted by Gasteiger charge is -2.36. The maximum absolute atomic E-state index is 10.6. The van der Waals surface area contributed by atoms with Crippen LogP contribution >= 0.6 is 0 Å². The van der Waals surface area contributed by atoms with Crippen LogP contribution in [0.25, 0.3) is 0 Å². The highest BCUT2D eigenvalue weighted by Gasteiger charge is 2.38. The third kappa shape index (κ3) is 10.2. The fraction of sp³-hybridized carbons (Fsp3) is 0.565. The molecule has 0 bridgehead atoms. The summed E-state index contributed by atoms with van der Waals surface area (Å²) in [5.74, 6) is -5.51. The van der Waals surface area contributed by atoms with Crippen LogP contribution in [-0.2, 0) is 28.9 Å². The van der Waals surface area contributed by atoms with Crippen molar-refractivity contribution in [2.45, 2.75) is 50.9 Å². The first-order chi connectivity index (χ1) is 17.8. The van der Waals surface area contributed by atoms with Gasteiger partial charge in [0.1, 0.15) is 0 Å². The number of rotatable bonds is 5. The highest BCUT2D eigenvalue weighted by atomic mass is 19.4. The van der Waals surface area contributed by atoms with Gasteiger partial charge >= 0.3 is 24.3 Å². The molecule has 3 N–H and O–H groups in total. The van der Waals surface area contributed by atoms with Gasteiger partial charge in [-0.05, 0) is 62.8 Å². The number of H-pyrrole nitrogens is 1. The van der Waals surface area contributed by atoms with Crippen molar-refractivity contribution in [1.82, 2.24) is 20.1 Å². The maximum atomic E-state index is 10.6. The Labute approximate surface area is 214 Å². The molecule has 3 heterocycles. The third-order valence-corrected chi connectivity index (χ3v) is 5.92. The van der Waals surface area contributed by atoms with Gasteiger partial charge in [0.05, 0.1) is 5.69 Å². The van der Waals surface area contributed by atoms with Gasteiger partial charge in [-0.1, -0.05) is 0 Å². The van der Waals surface area contributed by atoms with E-state index in [9.17, 15) is 26.3 Å². The molecule has 38 heavy (non-hydrogen) atoms. The van der Waals surface area contributed by atoms with Crippen LogP contribution in [0.1, 0.15) is 36.2 Å². The molecule has 1 saturated heterocycles. The van der Waals surface area contributed by atoms with Crippen molar-refractivity contribution in [3.63, 3.8) is 0 Å². The van der Waals surface area contributed by atoms with E-state index in [0.29, 0.717) is 0 Å². The molecule has 2 aliphatic rings. The van der Waals surface area contributed by atoms with Gasteiger partial charge in [0.15, 0.2) is 0 Å². The van der Waals surface area contributed by atoms with Gasteiger partial charge in [-0.15, -0.1) is 0 Å². The molecule has 9 nitrogen and oxygen atoms in total. The number of alkyl halides is 6. The molecule has 0 unspecified atom stereocenters. The Morgan fingerprint density at radius 3 is 1.95 bits per heavy atom. The largest absolute Gasteiger partial charge is 0.490 e. The molecule has 1 aliphatic heterocycles. The molecule has 0 spiro atoms. The van der Waals surface area contributed by atoms with Gasteiger partial charge in [0.2, 0.25) is 0 Å². The number of pyridine rings is 1. The number of anilines is 1. The Kier molecular flexibility index (Phi) is 11.4. The number of aryl methyl sites for hydroxylation is 2. The highest BCUT2D eigenvalue weighted by Crippen LogP contribution is 2.23. The van der Waals surface area contributed by atoms with Crippen LogP contribution in [0.15, 0.2) is 24.5 Å². The number of fused-ring (bicyclic) bond motifs is 1. The van der Waals surface area contributed by atoms with Crippen LogP contribution in [0, 0.1) is 0 Å². The van der Waals surface area contributed by atoms with E-state index in [1.807, 2.05) is 12.4 Å². The number of piperazine rings is 1. The Bertz CT molecular complexity index is 998. The molecular formula is C23H29F6N5O4. The smallest absolute Gasteiger partial charge is 0.475 e. The second-order valence-electron chi connectivity index (χ2n) is 8.58. The summed E-state index contributed by atoms with van der Waals surface area (Å²) >= 11 is 0. The maximum Gasteiger partial charge on any atom is 0.490 e. The predicted octanol–water partition coefficient (Wildman–Crippen LogP) is 3.70. The average molecular weight is 554 g/mol. The molecular weight excluding hydrogens is 524 g/mol. The third-order valence-electron chi connectivity index (χ3n) is 5.92. The lowest BCUT2D eigenvalue weighted by Crippen LogP contribution is -2.46. The fourth-order valence-corrected chi connectivity index (χ4v) is 4.01. The van der Waals surface area contributed by atoms with E-state index in [1.54, 1.807) is 0 Å². The number of carbonyl (C=O) groups is 2. The van der Waals surface area contributed by atoms with Crippen LogP contribution in [0.3, 0.4) is 0 Å². The van der Waals surface area contributed by atoms with Crippen molar-refractivity contribution < 1.29 is 46.1 Å². The van der Waals surface area contributed by atoms with E-state index >= 15 is 0 Å². The number of carboxylic acid groups (broad SMARTS) is 2. The van der Waals surface area contributed by atoms with Gasteiger partial charge < -0.3 is 15.1 Å². The molecule has 212 valence electrons. The standard InChI is InChI=1S/C19H27N5.2C2HF3O2/c1-2-5-18-17(4-1)19(22-21-18)6-3-11-23-12-14-24(15-13-23)16-7-9-20-10-8-16;2*3-2(4,5)1(6)7/h7-10H,1-6,11-15H2,(H,21,22);2*(H,6,7). The summed E-state index contributed by atoms with van der Waals surface area (Å²) in [6, 6.07) is 4.22. The molecule has 1 fully saturated rings. The van der Waals surface area contributed by atoms with E-state index < -0.39 is 24.3 Å². The number of carboxylic acids is 2. The van der Waals surface area contributed by atoms with Crippen molar-refractivity contribution in [3.8, 4) is 0 Å². The quantitative estimate of drug-likeness (QED) is 0.479. The molecule has 15 heteroatoms. The first-order valence-electron chi connectivity index (χ1n) is 11.8. The SMILES string of the molecule is O=C(O)C(F)(F)F.O=C(O)C(F)(F)F.c1cc(N2CCN(CCCc3n[nH]c4c3CCCC4)CC2)ccn1. The Morgan fingerprint density at radius 1 is 0.895 bits per heavy atom. The predicted molar refractivity (Wildman–Crippen MR) is 124 cm³/mol. The number of aromatic nitrogens is 3. The van der Waals surface area contributed by atoms with Gasteiger partial charge in [0.25, 0.3) is 0 Å². The second-order valence-corrected chi connectivity index (χ2v) is 8.58. The molecule has 2 aromatic heterocycles. The molecule has 0 atom stereocenters. The summed E-state index contributed by atoms with van der Waals surface area (Å²) in [5.41, 5.74) is 5.57. The van der Waals surface area contributed by atoms with Crippen LogP contribution in [-0.4, -0.2) is 87.3 Å². The molecule has 0 amide bonds. The Balaban J connectivity index is 0.000000301. The summed E-state index contributed by atoms with van der Waals surface area (Å²) in [6.07, 6.45) is 0.999. The van der Waals surface area contributed by atoms with Gasteiger partial charge in [0, 0.05) is 50.0 Å². The number of hydrogen-bond acceptors (Lipinski definition) is 6. The molecule has 0 radical (unpaired) electrons. The molecule has 1 aliphatic carbocycles. The summed E-state index contributed by atoms with van der Waals surface area (Å²) in [4.78, 5) is 27.0. The Hall–Kier alpha value is -3.36. The minimum absolute atomic E-state index is 1.11. The van der Waals surface area contributed by atoms with Crippen molar-refractivity contribution in [2.24, 2.45) is 0 Å². The van der Waals surface area contributed by atoms with Crippen molar-refractivity contribution in [3.05, 3.63) is 41.5 Å². The zero-order valence-electron chi connectivity index (χ0n) is 20.4. The van der Waals surface area contributed by atoms with Crippen LogP contribution in [0.5, 0.6) is 0 Å². The van der Waals surface area contributed by atoms with E-state index in [-0.39, 0.29) is 0 Å². The van der Waals surface area contributed by atoms with Crippen molar-refractivity contribution in [1.29, 1.82) is 0 Å². The van der Waals surface area contributed by atoms with E-state index in [0.717, 1.165) is 32.6 Å². The fourth-order valence-electron chi connectivity index (χ4n) is 4.01. The van der Waals surface area contributed by atoms with E-state index in [2.05, 4.69) is 37.1 Å².